The molecule has 0 bridgehead atoms. The molecule has 0 aromatic carbocycles. The van der Waals surface area contributed by atoms with Crippen LogP contribution in [0.5, 0.6) is 0 Å². The zero-order valence-electron chi connectivity index (χ0n) is 9.41. The van der Waals surface area contributed by atoms with Crippen LogP contribution in [0.1, 0.15) is 44.3 Å². The van der Waals surface area contributed by atoms with Crippen LogP contribution in [0.4, 0.5) is 5.82 Å². The van der Waals surface area contributed by atoms with Gasteiger partial charge in [0.25, 0.3) is 0 Å². The minimum absolute atomic E-state index is 0.123. The summed E-state index contributed by atoms with van der Waals surface area (Å²) in [4.78, 5) is 8.70. The van der Waals surface area contributed by atoms with E-state index in [1.54, 1.807) is 7.11 Å². The van der Waals surface area contributed by atoms with Crippen LogP contribution < -0.4 is 5.73 Å². The molecule has 5 heteroatoms. The zero-order valence-corrected chi connectivity index (χ0v) is 11.6. The third-order valence-corrected chi connectivity index (χ3v) is 3.29. The van der Waals surface area contributed by atoms with Crippen LogP contribution >= 0.6 is 22.6 Å². The number of methoxy groups -OCH3 is 1. The van der Waals surface area contributed by atoms with Gasteiger partial charge in [0.15, 0.2) is 5.82 Å². The SMILES string of the molecule is COC(C)c1nc(N)c(I)c(C(C)C)n1. The Bertz CT molecular complexity index is 355. The van der Waals surface area contributed by atoms with Gasteiger partial charge < -0.3 is 10.5 Å². The Hall–Kier alpha value is -0.430. The Kier molecular flexibility index (Phi) is 4.27. The molecular formula is C10H16IN3O. The fourth-order valence-electron chi connectivity index (χ4n) is 1.17. The van der Waals surface area contributed by atoms with Crippen molar-refractivity contribution >= 4 is 28.4 Å². The monoisotopic (exact) mass is 321 g/mol. The summed E-state index contributed by atoms with van der Waals surface area (Å²) >= 11 is 2.18. The quantitative estimate of drug-likeness (QED) is 0.869. The minimum Gasteiger partial charge on any atom is -0.383 e. The predicted molar refractivity (Wildman–Crippen MR) is 68.7 cm³/mol. The van der Waals surface area contributed by atoms with Crippen LogP contribution in [0.25, 0.3) is 0 Å². The lowest BCUT2D eigenvalue weighted by atomic mass is 10.1. The Balaban J connectivity index is 3.23. The van der Waals surface area contributed by atoms with Crippen LogP contribution in [0.3, 0.4) is 0 Å². The molecule has 0 amide bonds. The van der Waals surface area contributed by atoms with Gasteiger partial charge >= 0.3 is 0 Å². The number of hydrogen-bond donors (Lipinski definition) is 1. The van der Waals surface area contributed by atoms with Crippen molar-refractivity contribution in [2.45, 2.75) is 32.8 Å². The fourth-order valence-corrected chi connectivity index (χ4v) is 2.03. The molecule has 0 saturated carbocycles. The van der Waals surface area contributed by atoms with E-state index in [1.165, 1.54) is 0 Å². The number of nitrogens with zero attached hydrogens (tertiary/aromatic N) is 2. The van der Waals surface area contributed by atoms with Crippen LogP contribution in [0.2, 0.25) is 0 Å². The number of anilines is 1. The number of nitrogens with two attached hydrogens (primary N) is 1. The second-order valence-corrected chi connectivity index (χ2v) is 4.78. The number of ether oxygens (including phenoxy) is 1. The molecule has 1 atom stereocenters. The average Bonchev–Trinajstić information content (AvgIpc) is 2.20. The highest BCUT2D eigenvalue weighted by Gasteiger charge is 2.16. The van der Waals surface area contributed by atoms with Crippen LogP contribution in [-0.4, -0.2) is 17.1 Å². The summed E-state index contributed by atoms with van der Waals surface area (Å²) in [5.74, 6) is 1.53. The largest absolute Gasteiger partial charge is 0.383 e. The van der Waals surface area contributed by atoms with Crippen molar-refractivity contribution in [3.05, 3.63) is 15.1 Å². The number of halogens is 1. The van der Waals surface area contributed by atoms with Crippen LogP contribution in [0, 0.1) is 3.57 Å². The van der Waals surface area contributed by atoms with Crippen LogP contribution in [-0.2, 0) is 4.74 Å². The molecule has 2 N–H and O–H groups in total. The van der Waals surface area contributed by atoms with Gasteiger partial charge in [0, 0.05) is 7.11 Å². The molecule has 1 rings (SSSR count). The van der Waals surface area contributed by atoms with Crippen molar-refractivity contribution in [2.75, 3.05) is 12.8 Å². The zero-order chi connectivity index (χ0) is 11.6. The van der Waals surface area contributed by atoms with Crippen molar-refractivity contribution in [3.8, 4) is 0 Å². The first-order valence-electron chi connectivity index (χ1n) is 4.83. The molecule has 0 aliphatic heterocycles. The van der Waals surface area contributed by atoms with Crippen molar-refractivity contribution in [2.24, 2.45) is 0 Å². The third-order valence-electron chi connectivity index (χ3n) is 2.18. The molecule has 84 valence electrons. The molecule has 0 fully saturated rings. The van der Waals surface area contributed by atoms with Gasteiger partial charge in [-0.3, -0.25) is 0 Å². The van der Waals surface area contributed by atoms with Crippen molar-refractivity contribution < 1.29 is 4.74 Å². The first-order valence-corrected chi connectivity index (χ1v) is 5.90. The summed E-state index contributed by atoms with van der Waals surface area (Å²) < 4.78 is 6.12. The van der Waals surface area contributed by atoms with Gasteiger partial charge in [0.2, 0.25) is 0 Å². The van der Waals surface area contributed by atoms with Gasteiger partial charge in [-0.25, -0.2) is 9.97 Å². The maximum Gasteiger partial charge on any atom is 0.159 e. The lowest BCUT2D eigenvalue weighted by Crippen LogP contribution is -2.11. The summed E-state index contributed by atoms with van der Waals surface area (Å²) in [6, 6.07) is 0. The molecule has 15 heavy (non-hydrogen) atoms. The van der Waals surface area contributed by atoms with Gasteiger partial charge in [-0.1, -0.05) is 13.8 Å². The Labute approximate surface area is 104 Å². The highest BCUT2D eigenvalue weighted by molar-refractivity contribution is 14.1. The lowest BCUT2D eigenvalue weighted by molar-refractivity contribution is 0.112. The van der Waals surface area contributed by atoms with Crippen molar-refractivity contribution in [3.63, 3.8) is 0 Å². The summed E-state index contributed by atoms with van der Waals surface area (Å²) in [6.45, 7) is 6.09. The normalized spacial score (nSPS) is 13.2. The molecule has 1 aromatic heterocycles. The van der Waals surface area contributed by atoms with E-state index in [2.05, 4.69) is 46.4 Å². The fraction of sp³-hybridized carbons (Fsp3) is 0.600. The number of aromatic nitrogens is 2. The van der Waals surface area contributed by atoms with E-state index in [1.807, 2.05) is 6.92 Å². The van der Waals surface area contributed by atoms with E-state index in [-0.39, 0.29) is 6.10 Å². The maximum atomic E-state index is 5.84. The minimum atomic E-state index is -0.123. The number of hydrogen-bond acceptors (Lipinski definition) is 4. The maximum absolute atomic E-state index is 5.84. The van der Waals surface area contributed by atoms with Crippen molar-refractivity contribution in [1.82, 2.24) is 9.97 Å². The summed E-state index contributed by atoms with van der Waals surface area (Å²) in [6.07, 6.45) is -0.123. The van der Waals surface area contributed by atoms with E-state index < -0.39 is 0 Å². The highest BCUT2D eigenvalue weighted by Crippen LogP contribution is 2.25. The molecule has 0 spiro atoms. The van der Waals surface area contributed by atoms with Gasteiger partial charge in [-0.05, 0) is 35.4 Å². The Morgan fingerprint density at radius 2 is 1.87 bits per heavy atom. The first-order chi connectivity index (χ1) is 6.97. The summed E-state index contributed by atoms with van der Waals surface area (Å²) in [5.41, 5.74) is 6.83. The molecule has 0 aliphatic carbocycles. The van der Waals surface area contributed by atoms with Crippen molar-refractivity contribution in [1.29, 1.82) is 0 Å². The lowest BCUT2D eigenvalue weighted by Gasteiger charge is -2.14. The van der Waals surface area contributed by atoms with Gasteiger partial charge in [-0.15, -0.1) is 0 Å². The molecule has 1 heterocycles. The van der Waals surface area contributed by atoms with E-state index in [0.29, 0.717) is 17.6 Å². The van der Waals surface area contributed by atoms with E-state index in [4.69, 9.17) is 10.5 Å². The smallest absolute Gasteiger partial charge is 0.159 e. The van der Waals surface area contributed by atoms with E-state index in [9.17, 15) is 0 Å². The molecule has 1 aromatic rings. The Morgan fingerprint density at radius 3 is 2.33 bits per heavy atom. The van der Waals surface area contributed by atoms with Gasteiger partial charge in [0.05, 0.1) is 9.26 Å². The second kappa shape index (κ2) is 5.07. The van der Waals surface area contributed by atoms with Gasteiger partial charge in [-0.2, -0.15) is 0 Å². The van der Waals surface area contributed by atoms with E-state index >= 15 is 0 Å². The second-order valence-electron chi connectivity index (χ2n) is 3.70. The topological polar surface area (TPSA) is 61.0 Å². The summed E-state index contributed by atoms with van der Waals surface area (Å²) in [5, 5.41) is 0. The average molecular weight is 321 g/mol. The molecule has 1 unspecified atom stereocenters. The van der Waals surface area contributed by atoms with E-state index in [0.717, 1.165) is 9.26 Å². The van der Waals surface area contributed by atoms with Crippen LogP contribution in [0.15, 0.2) is 0 Å². The third kappa shape index (κ3) is 2.78. The Morgan fingerprint density at radius 1 is 1.27 bits per heavy atom. The molecule has 0 radical (unpaired) electrons. The standard InChI is InChI=1S/C10H16IN3O/c1-5(2)8-7(11)9(12)14-10(13-8)6(3)15-4/h5-6H,1-4H3,(H2,12,13,14). The number of nitrogen functional groups attached to an aromatic ring is 1. The molecule has 4 nitrogen and oxygen atoms in total. The molecular weight excluding hydrogens is 305 g/mol. The molecule has 0 saturated heterocycles. The summed E-state index contributed by atoms with van der Waals surface area (Å²) in [7, 11) is 1.64. The first kappa shape index (κ1) is 12.6. The predicted octanol–water partition coefficient (Wildman–Crippen LogP) is 2.49. The van der Waals surface area contributed by atoms with Gasteiger partial charge in [0.1, 0.15) is 11.9 Å². The number of rotatable bonds is 3. The molecule has 0 aliphatic rings. The highest BCUT2D eigenvalue weighted by atomic mass is 127.